The van der Waals surface area contributed by atoms with Crippen molar-refractivity contribution in [1.82, 2.24) is 0 Å². The van der Waals surface area contributed by atoms with Crippen LogP contribution in [0.3, 0.4) is 0 Å². The highest BCUT2D eigenvalue weighted by Gasteiger charge is 2.65. The quantitative estimate of drug-likeness (QED) is 0.681. The van der Waals surface area contributed by atoms with Crippen LogP contribution in [0.15, 0.2) is 54.6 Å². The van der Waals surface area contributed by atoms with Crippen LogP contribution in [0.2, 0.25) is 0 Å². The summed E-state index contributed by atoms with van der Waals surface area (Å²) in [6.07, 6.45) is -5.80. The lowest BCUT2D eigenvalue weighted by Gasteiger charge is -2.35. The van der Waals surface area contributed by atoms with Gasteiger partial charge in [-0.15, -0.1) is 0 Å². The van der Waals surface area contributed by atoms with Crippen LogP contribution in [0.1, 0.15) is 43.6 Å². The molecule has 0 bridgehead atoms. The monoisotopic (exact) mass is 442 g/mol. The number of ether oxygens (including phenoxy) is 4. The van der Waals surface area contributed by atoms with Gasteiger partial charge in [0.05, 0.1) is 6.61 Å². The number of Topliss-reactive ketones (excluding diaryl/α,β-unsaturated/α-hetero) is 1. The van der Waals surface area contributed by atoms with E-state index in [-0.39, 0.29) is 6.61 Å². The van der Waals surface area contributed by atoms with Gasteiger partial charge in [-0.05, 0) is 44.4 Å². The lowest BCUT2D eigenvalue weighted by molar-refractivity contribution is -0.235. The Morgan fingerprint density at radius 1 is 1.03 bits per heavy atom. The van der Waals surface area contributed by atoms with Crippen molar-refractivity contribution in [3.8, 4) is 0 Å². The molecule has 7 nitrogen and oxygen atoms in total. The van der Waals surface area contributed by atoms with E-state index in [1.807, 2.05) is 49.4 Å². The molecule has 4 rings (SSSR count). The molecule has 2 heterocycles. The first-order chi connectivity index (χ1) is 15.1. The summed E-state index contributed by atoms with van der Waals surface area (Å²) in [5.41, 5.74) is 0.930. The lowest BCUT2D eigenvalue weighted by atomic mass is 9.87. The van der Waals surface area contributed by atoms with Crippen LogP contribution < -0.4 is 0 Å². The van der Waals surface area contributed by atoms with Crippen LogP contribution in [0.25, 0.3) is 0 Å². The SMILES string of the molecule is Cc1ccccc1C(O)C(O)C(=O)[C@H]1O[C@@H]2OC(C)(C)O[C@@H]2[C@]1(C)OCc1ccccc1. The van der Waals surface area contributed by atoms with Crippen molar-refractivity contribution in [2.75, 3.05) is 0 Å². The van der Waals surface area contributed by atoms with Crippen molar-refractivity contribution in [2.45, 2.75) is 76.4 Å². The van der Waals surface area contributed by atoms with Gasteiger partial charge in [-0.25, -0.2) is 0 Å². The van der Waals surface area contributed by atoms with Crippen molar-refractivity contribution in [1.29, 1.82) is 0 Å². The van der Waals surface area contributed by atoms with Gasteiger partial charge in [0.2, 0.25) is 0 Å². The second-order valence-corrected chi connectivity index (χ2v) is 9.05. The molecule has 0 spiro atoms. The number of ketones is 1. The van der Waals surface area contributed by atoms with Crippen molar-refractivity contribution in [3.05, 3.63) is 71.3 Å². The van der Waals surface area contributed by atoms with Crippen molar-refractivity contribution < 1.29 is 34.0 Å². The minimum absolute atomic E-state index is 0.216. The molecule has 172 valence electrons. The average molecular weight is 443 g/mol. The van der Waals surface area contributed by atoms with E-state index in [4.69, 9.17) is 18.9 Å². The summed E-state index contributed by atoms with van der Waals surface area (Å²) < 4.78 is 24.0. The van der Waals surface area contributed by atoms with Gasteiger partial charge >= 0.3 is 0 Å². The van der Waals surface area contributed by atoms with Crippen molar-refractivity contribution in [2.24, 2.45) is 0 Å². The predicted octanol–water partition coefficient (Wildman–Crippen LogP) is 2.81. The fourth-order valence-corrected chi connectivity index (χ4v) is 4.36. The summed E-state index contributed by atoms with van der Waals surface area (Å²) in [5, 5.41) is 21.5. The third kappa shape index (κ3) is 4.24. The van der Waals surface area contributed by atoms with Crippen LogP contribution in [0.4, 0.5) is 0 Å². The Morgan fingerprint density at radius 3 is 2.38 bits per heavy atom. The highest BCUT2D eigenvalue weighted by molar-refractivity contribution is 5.89. The predicted molar refractivity (Wildman–Crippen MR) is 115 cm³/mol. The topological polar surface area (TPSA) is 94.5 Å². The molecule has 2 unspecified atom stereocenters. The second-order valence-electron chi connectivity index (χ2n) is 9.05. The summed E-state index contributed by atoms with van der Waals surface area (Å²) in [6, 6.07) is 16.6. The molecule has 2 aromatic carbocycles. The van der Waals surface area contributed by atoms with Gasteiger partial charge < -0.3 is 29.2 Å². The van der Waals surface area contributed by atoms with E-state index >= 15 is 0 Å². The molecule has 2 aliphatic rings. The number of aliphatic hydroxyl groups excluding tert-OH is 2. The van der Waals surface area contributed by atoms with Crippen LogP contribution in [0, 0.1) is 6.92 Å². The first-order valence-corrected chi connectivity index (χ1v) is 10.8. The molecule has 6 atom stereocenters. The standard InChI is InChI=1S/C25H30O7/c1-15-10-8-9-13-17(15)18(26)19(27)20(28)21-25(4,29-14-16-11-6-5-7-12-16)22-23(30-21)32-24(2,3)31-22/h5-13,18-19,21-23,26-27H,14H2,1-4H3/t18?,19?,21-,22+,23-,25-/m1/s1. The molecule has 2 aromatic rings. The highest BCUT2D eigenvalue weighted by Crippen LogP contribution is 2.46. The molecule has 2 aliphatic heterocycles. The Hall–Kier alpha value is -2.13. The maximum absolute atomic E-state index is 13.4. The number of rotatable bonds is 7. The van der Waals surface area contributed by atoms with Gasteiger partial charge in [0.15, 0.2) is 24.0 Å². The van der Waals surface area contributed by atoms with Crippen molar-refractivity contribution >= 4 is 5.78 Å². The Kier molecular flexibility index (Phi) is 6.24. The summed E-state index contributed by atoms with van der Waals surface area (Å²) in [6.45, 7) is 7.28. The smallest absolute Gasteiger partial charge is 0.196 e. The minimum atomic E-state index is -1.70. The van der Waals surface area contributed by atoms with E-state index in [0.717, 1.165) is 11.1 Å². The van der Waals surface area contributed by atoms with E-state index < -0.39 is 47.9 Å². The van der Waals surface area contributed by atoms with E-state index in [0.29, 0.717) is 5.56 Å². The Balaban J connectivity index is 1.59. The fourth-order valence-electron chi connectivity index (χ4n) is 4.36. The normalized spacial score (nSPS) is 30.6. The first-order valence-electron chi connectivity index (χ1n) is 10.8. The summed E-state index contributed by atoms with van der Waals surface area (Å²) >= 11 is 0. The van der Waals surface area contributed by atoms with Crippen molar-refractivity contribution in [3.63, 3.8) is 0 Å². The fraction of sp³-hybridized carbons (Fsp3) is 0.480. The lowest BCUT2D eigenvalue weighted by Crippen LogP contribution is -2.54. The molecule has 0 aliphatic carbocycles. The van der Waals surface area contributed by atoms with Gasteiger partial charge in [0.25, 0.3) is 0 Å². The number of fused-ring (bicyclic) bond motifs is 1. The number of aliphatic hydroxyl groups is 2. The second kappa shape index (κ2) is 8.67. The molecule has 7 heteroatoms. The van der Waals surface area contributed by atoms with E-state index in [1.165, 1.54) is 0 Å². The molecule has 0 amide bonds. The summed E-state index contributed by atoms with van der Waals surface area (Å²) in [5.74, 6) is -1.59. The number of benzene rings is 2. The zero-order valence-electron chi connectivity index (χ0n) is 18.7. The maximum Gasteiger partial charge on any atom is 0.196 e. The highest BCUT2D eigenvalue weighted by atomic mass is 16.8. The third-order valence-corrected chi connectivity index (χ3v) is 6.16. The largest absolute Gasteiger partial charge is 0.385 e. The Morgan fingerprint density at radius 2 is 1.69 bits per heavy atom. The van der Waals surface area contributed by atoms with E-state index in [9.17, 15) is 15.0 Å². The maximum atomic E-state index is 13.4. The first kappa shape index (κ1) is 23.0. The zero-order chi connectivity index (χ0) is 23.1. The van der Waals surface area contributed by atoms with Gasteiger partial charge in [-0.1, -0.05) is 54.6 Å². The van der Waals surface area contributed by atoms with Crippen LogP contribution >= 0.6 is 0 Å². The number of hydrogen-bond donors (Lipinski definition) is 2. The number of carbonyl (C=O) groups is 1. The molecule has 2 N–H and O–H groups in total. The number of aryl methyl sites for hydroxylation is 1. The molecule has 0 saturated carbocycles. The number of hydrogen-bond acceptors (Lipinski definition) is 7. The molecular formula is C25H30O7. The van der Waals surface area contributed by atoms with Gasteiger partial charge in [0, 0.05) is 0 Å². The molecule has 2 fully saturated rings. The third-order valence-electron chi connectivity index (χ3n) is 6.16. The number of carbonyl (C=O) groups excluding carboxylic acids is 1. The summed E-state index contributed by atoms with van der Waals surface area (Å²) in [7, 11) is 0. The minimum Gasteiger partial charge on any atom is -0.385 e. The Bertz CT molecular complexity index is 960. The van der Waals surface area contributed by atoms with Crippen LogP contribution in [0.5, 0.6) is 0 Å². The van der Waals surface area contributed by atoms with Gasteiger partial charge in [-0.3, -0.25) is 4.79 Å². The molecule has 2 saturated heterocycles. The van der Waals surface area contributed by atoms with Gasteiger partial charge in [0.1, 0.15) is 23.9 Å². The average Bonchev–Trinajstić information content (AvgIpc) is 3.22. The molecular weight excluding hydrogens is 412 g/mol. The van der Waals surface area contributed by atoms with E-state index in [1.54, 1.807) is 32.9 Å². The van der Waals surface area contributed by atoms with Crippen LogP contribution in [-0.2, 0) is 30.3 Å². The zero-order valence-corrected chi connectivity index (χ0v) is 18.7. The molecule has 0 radical (unpaired) electrons. The Labute approximate surface area is 187 Å². The molecule has 32 heavy (non-hydrogen) atoms. The van der Waals surface area contributed by atoms with Crippen LogP contribution in [-0.4, -0.2) is 52.0 Å². The summed E-state index contributed by atoms with van der Waals surface area (Å²) in [4.78, 5) is 13.4. The molecule has 0 aromatic heterocycles. The van der Waals surface area contributed by atoms with E-state index in [2.05, 4.69) is 0 Å². The van der Waals surface area contributed by atoms with Gasteiger partial charge in [-0.2, -0.15) is 0 Å².